The second kappa shape index (κ2) is 15.4. The van der Waals surface area contributed by atoms with E-state index in [2.05, 4.69) is 41.1 Å². The highest BCUT2D eigenvalue weighted by Crippen LogP contribution is 2.33. The van der Waals surface area contributed by atoms with Gasteiger partial charge >= 0.3 is 11.9 Å². The molecule has 0 radical (unpaired) electrons. The van der Waals surface area contributed by atoms with Crippen LogP contribution >= 0.6 is 23.4 Å². The van der Waals surface area contributed by atoms with Gasteiger partial charge in [-0.1, -0.05) is 41.6 Å². The van der Waals surface area contributed by atoms with Crippen molar-refractivity contribution in [1.29, 1.82) is 0 Å². The highest BCUT2D eigenvalue weighted by molar-refractivity contribution is 8.13. The molecule has 0 atom stereocenters. The number of para-hydroxylation sites is 1. The number of fused-ring (bicyclic) bond motifs is 1. The molecule has 2 heterocycles. The number of hydrogen-bond donors (Lipinski definition) is 2. The van der Waals surface area contributed by atoms with E-state index in [1.807, 2.05) is 36.0 Å². The van der Waals surface area contributed by atoms with Crippen LogP contribution in [0.3, 0.4) is 0 Å². The highest BCUT2D eigenvalue weighted by atomic mass is 35.5. The summed E-state index contributed by atoms with van der Waals surface area (Å²) in [6, 6.07) is 16.7. The van der Waals surface area contributed by atoms with Gasteiger partial charge < -0.3 is 24.7 Å². The lowest BCUT2D eigenvalue weighted by Gasteiger charge is -2.38. The van der Waals surface area contributed by atoms with Crippen LogP contribution in [-0.2, 0) is 15.3 Å². The Morgan fingerprint density at radius 1 is 1.08 bits per heavy atom. The van der Waals surface area contributed by atoms with Crippen LogP contribution in [-0.4, -0.2) is 76.4 Å². The van der Waals surface area contributed by atoms with Crippen LogP contribution in [0.2, 0.25) is 5.02 Å². The molecule has 1 saturated heterocycles. The molecule has 1 fully saturated rings. The van der Waals surface area contributed by atoms with Gasteiger partial charge in [0.05, 0.1) is 12.3 Å². The SMILES string of the molecule is CN(C1=Nc2ccccc2CS1)C1CCN(CCCCOc2ccc(Cl)cc2)CC1.O=C(O)C=CC(=O)O. The lowest BCUT2D eigenvalue weighted by atomic mass is 10.0. The molecule has 0 unspecified atom stereocenters. The van der Waals surface area contributed by atoms with Gasteiger partial charge in [0.15, 0.2) is 5.17 Å². The Morgan fingerprint density at radius 3 is 2.39 bits per heavy atom. The van der Waals surface area contributed by atoms with Crippen molar-refractivity contribution in [3.8, 4) is 5.75 Å². The van der Waals surface area contributed by atoms with E-state index in [1.54, 1.807) is 0 Å². The summed E-state index contributed by atoms with van der Waals surface area (Å²) in [5.74, 6) is -0.592. The molecule has 204 valence electrons. The van der Waals surface area contributed by atoms with Crippen LogP contribution in [0.4, 0.5) is 5.69 Å². The first kappa shape index (κ1) is 29.5. The molecule has 8 nitrogen and oxygen atoms in total. The minimum atomic E-state index is -1.26. The second-order valence-electron chi connectivity index (χ2n) is 9.01. The molecule has 0 spiro atoms. The van der Waals surface area contributed by atoms with Crippen molar-refractivity contribution in [2.75, 3.05) is 33.3 Å². The number of carbonyl (C=O) groups is 2. The average molecular weight is 560 g/mol. The fraction of sp³-hybridized carbons (Fsp3) is 0.393. The quantitative estimate of drug-likeness (QED) is 0.305. The molecule has 2 aliphatic rings. The van der Waals surface area contributed by atoms with E-state index in [9.17, 15) is 9.59 Å². The van der Waals surface area contributed by atoms with Gasteiger partial charge in [0, 0.05) is 49.1 Å². The summed E-state index contributed by atoms with van der Waals surface area (Å²) in [5, 5.41) is 17.5. The van der Waals surface area contributed by atoms with Gasteiger partial charge in [0.1, 0.15) is 5.75 Å². The second-order valence-corrected chi connectivity index (χ2v) is 10.4. The van der Waals surface area contributed by atoms with Crippen molar-refractivity contribution in [3.05, 3.63) is 71.3 Å². The first-order chi connectivity index (χ1) is 18.3. The van der Waals surface area contributed by atoms with Crippen LogP contribution < -0.4 is 4.74 Å². The Bertz CT molecular complexity index is 1100. The number of carboxylic acid groups (broad SMARTS) is 2. The van der Waals surface area contributed by atoms with Gasteiger partial charge in [0.2, 0.25) is 0 Å². The minimum absolute atomic E-state index is 0.558. The molecule has 4 rings (SSSR count). The number of rotatable bonds is 9. The Kier molecular flexibility index (Phi) is 12.0. The van der Waals surface area contributed by atoms with E-state index in [1.165, 1.54) is 43.1 Å². The molecule has 0 saturated carbocycles. The van der Waals surface area contributed by atoms with Crippen molar-refractivity contribution in [3.63, 3.8) is 0 Å². The summed E-state index contributed by atoms with van der Waals surface area (Å²) >= 11 is 7.77. The molecule has 2 N–H and O–H groups in total. The number of nitrogens with zero attached hydrogens (tertiary/aromatic N) is 3. The number of amidine groups is 1. The zero-order valence-electron chi connectivity index (χ0n) is 21.5. The average Bonchev–Trinajstić information content (AvgIpc) is 2.93. The lowest BCUT2D eigenvalue weighted by Crippen LogP contribution is -2.45. The van der Waals surface area contributed by atoms with Crippen molar-refractivity contribution in [2.24, 2.45) is 4.99 Å². The minimum Gasteiger partial charge on any atom is -0.494 e. The zero-order chi connectivity index (χ0) is 27.3. The number of hydrogen-bond acceptors (Lipinski definition) is 7. The monoisotopic (exact) mass is 559 g/mol. The summed E-state index contributed by atoms with van der Waals surface area (Å²) < 4.78 is 5.79. The van der Waals surface area contributed by atoms with Gasteiger partial charge in [-0.3, -0.25) is 0 Å². The van der Waals surface area contributed by atoms with E-state index in [-0.39, 0.29) is 0 Å². The third kappa shape index (κ3) is 10.0. The molecule has 0 aliphatic carbocycles. The number of halogens is 1. The number of thioether (sulfide) groups is 1. The summed E-state index contributed by atoms with van der Waals surface area (Å²) in [5.41, 5.74) is 2.48. The molecule has 0 aromatic heterocycles. The van der Waals surface area contributed by atoms with Crippen molar-refractivity contribution < 1.29 is 24.5 Å². The molecule has 10 heteroatoms. The number of unbranched alkanes of at least 4 members (excludes halogenated alkanes) is 1. The van der Waals surface area contributed by atoms with E-state index in [0.717, 1.165) is 41.8 Å². The highest BCUT2D eigenvalue weighted by Gasteiger charge is 2.26. The van der Waals surface area contributed by atoms with Crippen LogP contribution in [0.15, 0.2) is 65.7 Å². The Labute approximate surface area is 232 Å². The first-order valence-electron chi connectivity index (χ1n) is 12.6. The summed E-state index contributed by atoms with van der Waals surface area (Å²) in [4.78, 5) is 29.0. The molecule has 2 aromatic carbocycles. The third-order valence-electron chi connectivity index (χ3n) is 6.29. The van der Waals surface area contributed by atoms with E-state index in [4.69, 9.17) is 31.5 Å². The number of carboxylic acids is 2. The predicted molar refractivity (Wildman–Crippen MR) is 153 cm³/mol. The normalized spacial score (nSPS) is 15.7. The van der Waals surface area contributed by atoms with Crippen LogP contribution in [0.5, 0.6) is 5.75 Å². The van der Waals surface area contributed by atoms with Crippen LogP contribution in [0.25, 0.3) is 0 Å². The van der Waals surface area contributed by atoms with E-state index >= 15 is 0 Å². The van der Waals surface area contributed by atoms with Gasteiger partial charge in [-0.05, 0) is 68.1 Å². The maximum Gasteiger partial charge on any atom is 0.328 e. The Morgan fingerprint density at radius 2 is 1.74 bits per heavy atom. The van der Waals surface area contributed by atoms with Crippen molar-refractivity contribution in [1.82, 2.24) is 9.80 Å². The van der Waals surface area contributed by atoms with Crippen molar-refractivity contribution in [2.45, 2.75) is 37.5 Å². The number of aliphatic carboxylic acids is 2. The molecule has 0 amide bonds. The topological polar surface area (TPSA) is 103 Å². The maximum atomic E-state index is 9.55. The first-order valence-corrected chi connectivity index (χ1v) is 13.9. The summed E-state index contributed by atoms with van der Waals surface area (Å²) in [6.45, 7) is 4.26. The van der Waals surface area contributed by atoms with Gasteiger partial charge in [-0.25, -0.2) is 14.6 Å². The number of aliphatic imine (C=N–C) groups is 1. The third-order valence-corrected chi connectivity index (χ3v) is 7.64. The summed E-state index contributed by atoms with van der Waals surface area (Å²) in [6.07, 6.45) is 5.78. The number of ether oxygens (including phenoxy) is 1. The predicted octanol–water partition coefficient (Wildman–Crippen LogP) is 5.54. The van der Waals surface area contributed by atoms with Gasteiger partial charge in [0.25, 0.3) is 0 Å². The summed E-state index contributed by atoms with van der Waals surface area (Å²) in [7, 11) is 2.22. The number of likely N-dealkylation sites (tertiary alicyclic amines) is 1. The van der Waals surface area contributed by atoms with Gasteiger partial charge in [-0.15, -0.1) is 0 Å². The smallest absolute Gasteiger partial charge is 0.328 e. The molecule has 38 heavy (non-hydrogen) atoms. The Hall–Kier alpha value is -3.01. The fourth-order valence-corrected chi connectivity index (χ4v) is 5.36. The largest absolute Gasteiger partial charge is 0.494 e. The number of piperidine rings is 1. The fourth-order valence-electron chi connectivity index (χ4n) is 4.19. The van der Waals surface area contributed by atoms with Gasteiger partial charge in [-0.2, -0.15) is 0 Å². The standard InChI is InChI=1S/C24H30ClN3OS.C4H4O4/c1-27(24-26-23-7-3-2-6-19(23)18-30-24)21-12-15-28(16-13-21)14-4-5-17-29-22-10-8-20(25)9-11-22;5-3(6)1-2-4(7)8/h2-3,6-11,21H,4-5,12-18H2,1H3;1-2H,(H,5,6)(H,7,8). The number of benzene rings is 2. The van der Waals surface area contributed by atoms with E-state index in [0.29, 0.717) is 18.2 Å². The van der Waals surface area contributed by atoms with Crippen LogP contribution in [0, 0.1) is 0 Å². The Balaban J connectivity index is 0.000000436. The molecule has 2 aromatic rings. The lowest BCUT2D eigenvalue weighted by molar-refractivity contribution is -0.134. The maximum absolute atomic E-state index is 9.55. The van der Waals surface area contributed by atoms with E-state index < -0.39 is 11.9 Å². The van der Waals surface area contributed by atoms with Crippen molar-refractivity contribution >= 4 is 46.2 Å². The zero-order valence-corrected chi connectivity index (χ0v) is 23.0. The molecular formula is C28H34ClN3O5S. The van der Waals surface area contributed by atoms with Crippen LogP contribution in [0.1, 0.15) is 31.2 Å². The molecular weight excluding hydrogens is 526 g/mol. The molecule has 2 aliphatic heterocycles. The molecule has 0 bridgehead atoms.